The molecule has 0 aliphatic carbocycles. The molecule has 0 spiro atoms. The maximum Gasteiger partial charge on any atom is 0.118 e. The lowest BCUT2D eigenvalue weighted by Gasteiger charge is -2.22. The van der Waals surface area contributed by atoms with E-state index in [1.807, 2.05) is 13.0 Å². The lowest BCUT2D eigenvalue weighted by Crippen LogP contribution is -2.20. The second kappa shape index (κ2) is 9.70. The normalized spacial score (nSPS) is 11.1. The Morgan fingerprint density at radius 1 is 0.905 bits per heavy atom. The van der Waals surface area contributed by atoms with Gasteiger partial charge in [0, 0.05) is 11.7 Å². The van der Waals surface area contributed by atoms with Crippen molar-refractivity contribution in [2.45, 2.75) is 85.1 Å². The number of hydrogen-bond donors (Lipinski definition) is 2. The van der Waals surface area contributed by atoms with E-state index in [9.17, 15) is 5.11 Å². The minimum absolute atomic E-state index is 0.395. The van der Waals surface area contributed by atoms with Gasteiger partial charge in [-0.15, -0.1) is 0 Å². The Morgan fingerprint density at radius 2 is 1.48 bits per heavy atom. The molecule has 0 saturated carbocycles. The van der Waals surface area contributed by atoms with Crippen molar-refractivity contribution in [3.05, 3.63) is 23.3 Å². The molecule has 0 aromatic heterocycles. The van der Waals surface area contributed by atoms with Crippen LogP contribution in [0.3, 0.4) is 0 Å². The smallest absolute Gasteiger partial charge is 0.118 e. The lowest BCUT2D eigenvalue weighted by molar-refractivity contribution is 0.470. The molecule has 0 amide bonds. The number of benzene rings is 1. The summed E-state index contributed by atoms with van der Waals surface area (Å²) < 4.78 is 0. The van der Waals surface area contributed by atoms with Gasteiger partial charge >= 0.3 is 0 Å². The topological polar surface area (TPSA) is 32.3 Å². The summed E-state index contributed by atoms with van der Waals surface area (Å²) in [5.74, 6) is 0.395. The maximum atomic E-state index is 9.78. The molecule has 120 valence electrons. The van der Waals surface area contributed by atoms with E-state index in [0.717, 1.165) is 11.1 Å². The molecule has 0 aliphatic heterocycles. The number of phenolic OH excluding ortho intramolecular Hbond substituents is 1. The number of nitrogens with one attached hydrogen (secondary N) is 1. The van der Waals surface area contributed by atoms with Crippen LogP contribution in [0.5, 0.6) is 5.75 Å². The lowest BCUT2D eigenvalue weighted by atomic mass is 10.0. The molecule has 0 aliphatic rings. The molecule has 0 atom stereocenters. The number of hydrogen-bond acceptors (Lipinski definition) is 2. The van der Waals surface area contributed by atoms with E-state index >= 15 is 0 Å². The maximum absolute atomic E-state index is 9.78. The Bertz CT molecular complexity index is 404. The van der Waals surface area contributed by atoms with Crippen LogP contribution in [-0.2, 0) is 0 Å². The van der Waals surface area contributed by atoms with Gasteiger partial charge < -0.3 is 10.4 Å². The first-order chi connectivity index (χ1) is 10.1. The second-order valence-corrected chi connectivity index (χ2v) is 6.29. The van der Waals surface area contributed by atoms with Crippen LogP contribution >= 0.6 is 0 Å². The molecule has 0 heterocycles. The van der Waals surface area contributed by atoms with Crippen LogP contribution in [0, 0.1) is 13.8 Å². The first-order valence-electron chi connectivity index (χ1n) is 8.65. The number of aromatic hydroxyl groups is 1. The largest absolute Gasteiger partial charge is 0.508 e. The Balaban J connectivity index is 2.67. The van der Waals surface area contributed by atoms with E-state index in [1.54, 1.807) is 0 Å². The van der Waals surface area contributed by atoms with Crippen molar-refractivity contribution in [1.82, 2.24) is 0 Å². The Kier molecular flexibility index (Phi) is 8.26. The van der Waals surface area contributed by atoms with E-state index in [1.165, 1.54) is 57.1 Å². The molecule has 2 N–H and O–H groups in total. The minimum atomic E-state index is 0.395. The average Bonchev–Trinajstić information content (AvgIpc) is 2.45. The van der Waals surface area contributed by atoms with Gasteiger partial charge in [0.15, 0.2) is 0 Å². The molecule has 0 bridgehead atoms. The first kappa shape index (κ1) is 17.9. The average molecular weight is 291 g/mol. The fourth-order valence-corrected chi connectivity index (χ4v) is 2.75. The zero-order chi connectivity index (χ0) is 15.7. The van der Waals surface area contributed by atoms with Gasteiger partial charge in [-0.3, -0.25) is 0 Å². The van der Waals surface area contributed by atoms with Crippen molar-refractivity contribution in [3.8, 4) is 5.75 Å². The molecule has 2 nitrogen and oxygen atoms in total. The summed E-state index contributed by atoms with van der Waals surface area (Å²) in [6.45, 7) is 8.54. The Morgan fingerprint density at radius 3 is 2.00 bits per heavy atom. The highest BCUT2D eigenvalue weighted by atomic mass is 16.3. The summed E-state index contributed by atoms with van der Waals surface area (Å²) in [7, 11) is 0. The van der Waals surface area contributed by atoms with Crippen LogP contribution in [0.2, 0.25) is 0 Å². The summed E-state index contributed by atoms with van der Waals surface area (Å²) >= 11 is 0. The highest BCUT2D eigenvalue weighted by Crippen LogP contribution is 2.27. The van der Waals surface area contributed by atoms with Crippen molar-refractivity contribution in [1.29, 1.82) is 0 Å². The molecule has 0 saturated heterocycles. The fraction of sp³-hybridized carbons (Fsp3) is 0.684. The summed E-state index contributed by atoms with van der Waals surface area (Å²) in [5.41, 5.74) is 3.27. The standard InChI is InChI=1S/C19H33NO/c1-5-7-9-11-17(12-10-8-6-2)20-18-13-16(4)19(21)14-15(18)3/h13-14,17,20-21H,5-12H2,1-4H3. The van der Waals surface area contributed by atoms with Crippen molar-refractivity contribution in [3.63, 3.8) is 0 Å². The van der Waals surface area contributed by atoms with Gasteiger partial charge in [0.1, 0.15) is 5.75 Å². The number of unbranched alkanes of at least 4 members (excludes halogenated alkanes) is 4. The summed E-state index contributed by atoms with van der Waals surface area (Å²) in [6.07, 6.45) is 10.3. The predicted molar refractivity (Wildman–Crippen MR) is 93.3 cm³/mol. The second-order valence-electron chi connectivity index (χ2n) is 6.29. The van der Waals surface area contributed by atoms with E-state index in [4.69, 9.17) is 0 Å². The van der Waals surface area contributed by atoms with Crippen LogP contribution in [0.15, 0.2) is 12.1 Å². The molecule has 1 aromatic rings. The third kappa shape index (κ3) is 6.41. The third-order valence-corrected chi connectivity index (χ3v) is 4.21. The summed E-state index contributed by atoms with van der Waals surface area (Å²) in [4.78, 5) is 0. The third-order valence-electron chi connectivity index (χ3n) is 4.21. The van der Waals surface area contributed by atoms with Gasteiger partial charge in [-0.1, -0.05) is 52.4 Å². The van der Waals surface area contributed by atoms with Gasteiger partial charge in [-0.25, -0.2) is 0 Å². The van der Waals surface area contributed by atoms with Gasteiger partial charge in [0.25, 0.3) is 0 Å². The number of rotatable bonds is 10. The Labute approximate surface area is 131 Å². The van der Waals surface area contributed by atoms with Crippen LogP contribution in [-0.4, -0.2) is 11.1 Å². The van der Waals surface area contributed by atoms with Crippen molar-refractivity contribution in [2.75, 3.05) is 5.32 Å². The molecule has 1 aromatic carbocycles. The summed E-state index contributed by atoms with van der Waals surface area (Å²) in [6, 6.07) is 4.51. The number of anilines is 1. The van der Waals surface area contributed by atoms with Gasteiger partial charge in [0.05, 0.1) is 0 Å². The van der Waals surface area contributed by atoms with Crippen LogP contribution < -0.4 is 5.32 Å². The monoisotopic (exact) mass is 291 g/mol. The fourth-order valence-electron chi connectivity index (χ4n) is 2.75. The van der Waals surface area contributed by atoms with Gasteiger partial charge in [-0.2, -0.15) is 0 Å². The molecular weight excluding hydrogens is 258 g/mol. The predicted octanol–water partition coefficient (Wildman–Crippen LogP) is 5.95. The van der Waals surface area contributed by atoms with Crippen LogP contribution in [0.25, 0.3) is 0 Å². The van der Waals surface area contributed by atoms with Crippen LogP contribution in [0.4, 0.5) is 5.69 Å². The highest BCUT2D eigenvalue weighted by Gasteiger charge is 2.11. The zero-order valence-corrected chi connectivity index (χ0v) is 14.3. The molecular formula is C19H33NO. The van der Waals surface area contributed by atoms with Gasteiger partial charge in [-0.05, 0) is 49.9 Å². The number of aryl methyl sites for hydroxylation is 2. The van der Waals surface area contributed by atoms with E-state index in [-0.39, 0.29) is 0 Å². The SMILES string of the molecule is CCCCCC(CCCCC)Nc1cc(C)c(O)cc1C. The molecule has 1 rings (SSSR count). The van der Waals surface area contributed by atoms with Crippen LogP contribution in [0.1, 0.15) is 76.3 Å². The highest BCUT2D eigenvalue weighted by molar-refractivity contribution is 5.57. The molecule has 0 radical (unpaired) electrons. The molecule has 2 heteroatoms. The number of phenols is 1. The minimum Gasteiger partial charge on any atom is -0.508 e. The van der Waals surface area contributed by atoms with E-state index in [2.05, 4.69) is 32.2 Å². The quantitative estimate of drug-likeness (QED) is 0.412. The van der Waals surface area contributed by atoms with E-state index < -0.39 is 0 Å². The first-order valence-corrected chi connectivity index (χ1v) is 8.65. The van der Waals surface area contributed by atoms with E-state index in [0.29, 0.717) is 11.8 Å². The van der Waals surface area contributed by atoms with Gasteiger partial charge in [0.2, 0.25) is 0 Å². The molecule has 21 heavy (non-hydrogen) atoms. The van der Waals surface area contributed by atoms with Crippen molar-refractivity contribution in [2.24, 2.45) is 0 Å². The molecule has 0 unspecified atom stereocenters. The molecule has 0 fully saturated rings. The Hall–Kier alpha value is -1.18. The van der Waals surface area contributed by atoms with Crippen molar-refractivity contribution < 1.29 is 5.11 Å². The van der Waals surface area contributed by atoms with Crippen molar-refractivity contribution >= 4 is 5.69 Å². The zero-order valence-electron chi connectivity index (χ0n) is 14.3. The summed E-state index contributed by atoms with van der Waals surface area (Å²) in [5, 5.41) is 13.5.